The van der Waals surface area contributed by atoms with Gasteiger partial charge in [0.25, 0.3) is 0 Å². The highest BCUT2D eigenvalue weighted by Gasteiger charge is 2.61. The Balaban J connectivity index is 1.97. The second kappa shape index (κ2) is 7.71. The molecule has 7 nitrogen and oxygen atoms in total. The van der Waals surface area contributed by atoms with Crippen molar-refractivity contribution in [2.75, 3.05) is 27.3 Å². The minimum atomic E-state index is -1.27. The molecular formula is C24H26N4O3. The normalized spacial score (nSPS) is 27.3. The largest absolute Gasteiger partial charge is 0.489 e. The number of aldehydes is 1. The van der Waals surface area contributed by atoms with Crippen LogP contribution in [0.4, 0.5) is 0 Å². The van der Waals surface area contributed by atoms with Crippen molar-refractivity contribution in [3.8, 4) is 22.9 Å². The zero-order valence-electron chi connectivity index (χ0n) is 18.0. The molecule has 3 atom stereocenters. The fraction of sp³-hybridized carbons (Fsp3) is 0.375. The second-order valence-corrected chi connectivity index (χ2v) is 8.52. The van der Waals surface area contributed by atoms with E-state index >= 15 is 0 Å². The maximum Gasteiger partial charge on any atom is 0.192 e. The summed E-state index contributed by atoms with van der Waals surface area (Å²) >= 11 is 0. The van der Waals surface area contributed by atoms with Gasteiger partial charge in [-0.1, -0.05) is 25.1 Å². The first-order chi connectivity index (χ1) is 14.8. The molecule has 0 amide bonds. The van der Waals surface area contributed by atoms with E-state index in [2.05, 4.69) is 6.07 Å². The number of nitrogens with two attached hydrogens (primary N) is 1. The van der Waals surface area contributed by atoms with Crippen molar-refractivity contribution < 1.29 is 14.3 Å². The van der Waals surface area contributed by atoms with Crippen molar-refractivity contribution in [3.05, 3.63) is 53.6 Å². The van der Waals surface area contributed by atoms with Gasteiger partial charge >= 0.3 is 0 Å². The maximum absolute atomic E-state index is 12.9. The average Bonchev–Trinajstić information content (AvgIpc) is 2.78. The van der Waals surface area contributed by atoms with E-state index < -0.39 is 11.0 Å². The van der Waals surface area contributed by atoms with Crippen LogP contribution in [0.25, 0.3) is 11.1 Å². The Labute approximate surface area is 182 Å². The van der Waals surface area contributed by atoms with E-state index in [0.29, 0.717) is 36.5 Å². The Kier molecular flexibility index (Phi) is 5.19. The third-order valence-electron chi connectivity index (χ3n) is 6.41. The molecule has 1 fully saturated rings. The predicted octanol–water partition coefficient (Wildman–Crippen LogP) is 2.68. The number of nitriles is 1. The van der Waals surface area contributed by atoms with Gasteiger partial charge in [-0.25, -0.2) is 4.99 Å². The number of hydrogen-bond donors (Lipinski definition) is 1. The van der Waals surface area contributed by atoms with Crippen LogP contribution >= 0.6 is 0 Å². The van der Waals surface area contributed by atoms with E-state index in [1.807, 2.05) is 43.3 Å². The fourth-order valence-electron chi connectivity index (χ4n) is 4.46. The molecule has 4 rings (SSSR count). The molecule has 31 heavy (non-hydrogen) atoms. The first-order valence-electron chi connectivity index (χ1n) is 10.2. The van der Waals surface area contributed by atoms with Crippen molar-refractivity contribution in [1.29, 1.82) is 5.26 Å². The lowest BCUT2D eigenvalue weighted by Gasteiger charge is -2.53. The molecule has 0 aliphatic carbocycles. The van der Waals surface area contributed by atoms with Crippen LogP contribution in [0.5, 0.6) is 5.75 Å². The van der Waals surface area contributed by atoms with E-state index in [-0.39, 0.29) is 12.1 Å². The Bertz CT molecular complexity index is 1090. The molecule has 0 radical (unpaired) electrons. The van der Waals surface area contributed by atoms with Gasteiger partial charge in [0.15, 0.2) is 17.8 Å². The number of guanidine groups is 1. The van der Waals surface area contributed by atoms with E-state index in [1.165, 1.54) is 0 Å². The molecule has 2 aliphatic rings. The number of carbonyl (C=O) groups is 1. The topological polar surface area (TPSA) is 101 Å². The lowest BCUT2D eigenvalue weighted by atomic mass is 9.62. The number of nitrogens with zero attached hydrogens (tertiary/aromatic N) is 3. The Morgan fingerprint density at radius 3 is 2.77 bits per heavy atom. The lowest BCUT2D eigenvalue weighted by Crippen LogP contribution is -2.61. The molecular weight excluding hydrogens is 392 g/mol. The van der Waals surface area contributed by atoms with Gasteiger partial charge < -0.3 is 24.9 Å². The summed E-state index contributed by atoms with van der Waals surface area (Å²) < 4.78 is 12.2. The molecule has 2 aromatic carbocycles. The summed E-state index contributed by atoms with van der Waals surface area (Å²) in [6.07, 6.45) is 1.31. The van der Waals surface area contributed by atoms with Gasteiger partial charge in [0.1, 0.15) is 11.9 Å². The number of hydrogen-bond acceptors (Lipinski definition) is 5. The van der Waals surface area contributed by atoms with Crippen molar-refractivity contribution in [3.63, 3.8) is 0 Å². The van der Waals surface area contributed by atoms with Crippen LogP contribution in [0.1, 0.15) is 24.5 Å². The van der Waals surface area contributed by atoms with Gasteiger partial charge in [-0.2, -0.15) is 5.26 Å². The first-order valence-corrected chi connectivity index (χ1v) is 10.2. The molecule has 0 bridgehead atoms. The summed E-state index contributed by atoms with van der Waals surface area (Å²) in [6.45, 7) is 2.87. The monoisotopic (exact) mass is 418 g/mol. The zero-order chi connectivity index (χ0) is 22.2. The van der Waals surface area contributed by atoms with Gasteiger partial charge in [-0.15, -0.1) is 0 Å². The van der Waals surface area contributed by atoms with Crippen LogP contribution < -0.4 is 10.5 Å². The Morgan fingerprint density at radius 2 is 2.06 bits per heavy atom. The quantitative estimate of drug-likeness (QED) is 0.467. The SMILES string of the molecule is CN(C)C(N)=NC1(C=O)c2cc(-c3cccc(C#N)c3)ccc2OC2CCOCC21C. The van der Waals surface area contributed by atoms with Crippen LogP contribution in [0, 0.1) is 16.7 Å². The van der Waals surface area contributed by atoms with Crippen LogP contribution in [0.2, 0.25) is 0 Å². The standard InChI is InChI=1S/C24H26N4O3/c1-23-15-30-10-9-21(23)31-20-8-7-18(17-6-4-5-16(11-17)13-25)12-19(20)24(23,14-29)27-22(26)28(2)3/h4-8,11-12,14,21H,9-10,15H2,1-3H3,(H2,26,27). The predicted molar refractivity (Wildman–Crippen MR) is 118 cm³/mol. The summed E-state index contributed by atoms with van der Waals surface area (Å²) in [5, 5.41) is 9.27. The van der Waals surface area contributed by atoms with E-state index in [4.69, 9.17) is 20.2 Å². The summed E-state index contributed by atoms with van der Waals surface area (Å²) in [7, 11) is 3.58. The van der Waals surface area contributed by atoms with Crippen LogP contribution in [0.3, 0.4) is 0 Å². The molecule has 160 valence electrons. The lowest BCUT2D eigenvalue weighted by molar-refractivity contribution is -0.146. The second-order valence-electron chi connectivity index (χ2n) is 8.52. The van der Waals surface area contributed by atoms with Crippen molar-refractivity contribution in [2.24, 2.45) is 16.1 Å². The molecule has 2 N–H and O–H groups in total. The van der Waals surface area contributed by atoms with Crippen LogP contribution in [0.15, 0.2) is 47.5 Å². The third kappa shape index (κ3) is 3.24. The third-order valence-corrected chi connectivity index (χ3v) is 6.41. The summed E-state index contributed by atoms with van der Waals surface area (Å²) in [4.78, 5) is 19.4. The minimum Gasteiger partial charge on any atom is -0.489 e. The molecule has 3 unspecified atom stereocenters. The molecule has 7 heteroatoms. The number of ether oxygens (including phenoxy) is 2. The summed E-state index contributed by atoms with van der Waals surface area (Å²) in [5.41, 5.74) is 7.18. The number of benzene rings is 2. The molecule has 0 saturated carbocycles. The van der Waals surface area contributed by atoms with Gasteiger partial charge in [0.2, 0.25) is 0 Å². The Hall–Kier alpha value is -3.37. The van der Waals surface area contributed by atoms with Crippen molar-refractivity contribution in [1.82, 2.24) is 4.90 Å². The van der Waals surface area contributed by atoms with Gasteiger partial charge in [-0.3, -0.25) is 0 Å². The zero-order valence-corrected chi connectivity index (χ0v) is 18.0. The molecule has 0 aromatic heterocycles. The van der Waals surface area contributed by atoms with E-state index in [1.54, 1.807) is 25.1 Å². The van der Waals surface area contributed by atoms with Crippen molar-refractivity contribution in [2.45, 2.75) is 25.0 Å². The fourth-order valence-corrected chi connectivity index (χ4v) is 4.46. The first kappa shape index (κ1) is 20.9. The van der Waals surface area contributed by atoms with Gasteiger partial charge in [-0.05, 0) is 35.4 Å². The highest BCUT2D eigenvalue weighted by molar-refractivity contribution is 5.84. The van der Waals surface area contributed by atoms with Crippen LogP contribution in [-0.2, 0) is 15.1 Å². The summed E-state index contributed by atoms with van der Waals surface area (Å²) in [6, 6.07) is 15.2. The molecule has 1 saturated heterocycles. The molecule has 2 aromatic rings. The van der Waals surface area contributed by atoms with E-state index in [9.17, 15) is 10.1 Å². The highest BCUT2D eigenvalue weighted by atomic mass is 16.5. The minimum absolute atomic E-state index is 0.231. The summed E-state index contributed by atoms with van der Waals surface area (Å²) in [5.74, 6) is 0.870. The number of fused-ring (bicyclic) bond motifs is 2. The Morgan fingerprint density at radius 1 is 1.29 bits per heavy atom. The highest BCUT2D eigenvalue weighted by Crippen LogP contribution is 2.55. The van der Waals surface area contributed by atoms with Gasteiger partial charge in [0.05, 0.1) is 30.3 Å². The van der Waals surface area contributed by atoms with Gasteiger partial charge in [0, 0.05) is 26.1 Å². The molecule has 2 heterocycles. The number of carbonyl (C=O) groups excluding carboxylic acids is 1. The van der Waals surface area contributed by atoms with Crippen LogP contribution in [-0.4, -0.2) is 50.6 Å². The average molecular weight is 418 g/mol. The smallest absolute Gasteiger partial charge is 0.192 e. The number of aliphatic imine (C=N–C) groups is 1. The molecule has 2 aliphatic heterocycles. The molecule has 0 spiro atoms. The number of rotatable bonds is 3. The maximum atomic E-state index is 12.9. The van der Waals surface area contributed by atoms with Crippen molar-refractivity contribution >= 4 is 12.2 Å². The van der Waals surface area contributed by atoms with E-state index in [0.717, 1.165) is 17.4 Å².